The van der Waals surface area contributed by atoms with E-state index in [0.717, 1.165) is 13.1 Å². The van der Waals surface area contributed by atoms with E-state index in [0.29, 0.717) is 12.8 Å². The number of carbonyl (C=O) groups excluding carboxylic acids is 2. The van der Waals surface area contributed by atoms with Crippen LogP contribution in [-0.2, 0) is 19.1 Å². The van der Waals surface area contributed by atoms with E-state index in [2.05, 4.69) is 11.9 Å². The van der Waals surface area contributed by atoms with E-state index in [1.165, 1.54) is 25.0 Å². The lowest BCUT2D eigenvalue weighted by molar-refractivity contribution is -0.165. The second kappa shape index (κ2) is 5.10. The van der Waals surface area contributed by atoms with Gasteiger partial charge >= 0.3 is 11.9 Å². The van der Waals surface area contributed by atoms with Crippen molar-refractivity contribution in [1.29, 1.82) is 0 Å². The third kappa shape index (κ3) is 2.90. The molecule has 5 heteroatoms. The number of carbonyl (C=O) groups is 2. The Labute approximate surface area is 107 Å². The van der Waals surface area contributed by atoms with Crippen LogP contribution in [0.25, 0.3) is 0 Å². The van der Waals surface area contributed by atoms with Gasteiger partial charge in [0, 0.05) is 39.8 Å². The minimum atomic E-state index is -0.336. The highest BCUT2D eigenvalue weighted by atomic mass is 16.6. The lowest BCUT2D eigenvalue weighted by Crippen LogP contribution is -2.38. The van der Waals surface area contributed by atoms with Gasteiger partial charge in [-0.15, -0.1) is 0 Å². The Morgan fingerprint density at radius 3 is 1.72 bits per heavy atom. The molecule has 0 radical (unpaired) electrons. The molecular weight excluding hydrogens is 234 g/mol. The zero-order valence-electron chi connectivity index (χ0n) is 11.1. The summed E-state index contributed by atoms with van der Waals surface area (Å²) in [6.07, 6.45) is 0.683. The number of ether oxygens (including phenoxy) is 2. The molecule has 0 unspecified atom stereocenters. The second-order valence-electron chi connectivity index (χ2n) is 5.08. The van der Waals surface area contributed by atoms with E-state index >= 15 is 0 Å². The van der Waals surface area contributed by atoms with Crippen LogP contribution in [0.5, 0.6) is 0 Å². The van der Waals surface area contributed by atoms with Crippen LogP contribution in [0.3, 0.4) is 0 Å². The Kier molecular flexibility index (Phi) is 3.71. The fraction of sp³-hybridized carbons (Fsp3) is 0.692. The number of likely N-dealkylation sites (N-methyl/N-ethyl adjacent to an activating group) is 1. The van der Waals surface area contributed by atoms with Gasteiger partial charge in [0.05, 0.1) is 0 Å². The van der Waals surface area contributed by atoms with Gasteiger partial charge in [-0.1, -0.05) is 11.1 Å². The summed E-state index contributed by atoms with van der Waals surface area (Å²) in [7, 11) is 2.06. The van der Waals surface area contributed by atoms with Crippen molar-refractivity contribution in [1.82, 2.24) is 4.90 Å². The van der Waals surface area contributed by atoms with Gasteiger partial charge in [0.25, 0.3) is 0 Å². The van der Waals surface area contributed by atoms with Crippen molar-refractivity contribution >= 4 is 11.9 Å². The summed E-state index contributed by atoms with van der Waals surface area (Å²) in [6, 6.07) is 0. The predicted octanol–water partition coefficient (Wildman–Crippen LogP) is 0.886. The fourth-order valence-corrected chi connectivity index (χ4v) is 2.76. The molecule has 100 valence electrons. The molecule has 18 heavy (non-hydrogen) atoms. The van der Waals surface area contributed by atoms with Crippen LogP contribution >= 0.6 is 0 Å². The maximum absolute atomic E-state index is 11.1. The van der Waals surface area contributed by atoms with Crippen LogP contribution in [0.2, 0.25) is 0 Å². The van der Waals surface area contributed by atoms with Crippen LogP contribution in [0.15, 0.2) is 11.1 Å². The van der Waals surface area contributed by atoms with E-state index in [4.69, 9.17) is 9.47 Å². The molecule has 0 bridgehead atoms. The molecule has 2 atom stereocenters. The molecule has 1 aliphatic carbocycles. The number of nitrogens with zero attached hydrogens (tertiary/aromatic N) is 1. The molecule has 5 nitrogen and oxygen atoms in total. The highest BCUT2D eigenvalue weighted by Crippen LogP contribution is 2.33. The van der Waals surface area contributed by atoms with Gasteiger partial charge in [0.1, 0.15) is 12.2 Å². The fourth-order valence-electron chi connectivity index (χ4n) is 2.76. The van der Waals surface area contributed by atoms with E-state index in [1.807, 2.05) is 0 Å². The summed E-state index contributed by atoms with van der Waals surface area (Å²) in [5.74, 6) is -0.653. The van der Waals surface area contributed by atoms with Gasteiger partial charge in [-0.3, -0.25) is 14.5 Å². The standard InChI is InChI=1S/C13H19NO4/c1-8(15)17-12-4-10-6-14(3)7-11(10)5-13(12)18-9(2)16/h12-13H,4-7H2,1-3H3/t12-,13-/m0/s1. The molecule has 0 saturated heterocycles. The van der Waals surface area contributed by atoms with Crippen LogP contribution in [0, 0.1) is 0 Å². The first kappa shape index (κ1) is 13.1. The summed E-state index contributed by atoms with van der Waals surface area (Å²) < 4.78 is 10.6. The molecule has 0 N–H and O–H groups in total. The molecule has 0 saturated carbocycles. The zero-order valence-corrected chi connectivity index (χ0v) is 11.1. The van der Waals surface area contributed by atoms with Crippen molar-refractivity contribution in [3.63, 3.8) is 0 Å². The Morgan fingerprint density at radius 2 is 1.39 bits per heavy atom. The van der Waals surface area contributed by atoms with Crippen molar-refractivity contribution in [3.8, 4) is 0 Å². The Morgan fingerprint density at radius 1 is 1.00 bits per heavy atom. The van der Waals surface area contributed by atoms with Gasteiger partial charge in [0.2, 0.25) is 0 Å². The SMILES string of the molecule is CC(=O)O[C@H]1CC2=C(C[C@@H]1OC(C)=O)CN(C)C2. The van der Waals surface area contributed by atoms with Crippen LogP contribution in [0.4, 0.5) is 0 Å². The number of esters is 2. The largest absolute Gasteiger partial charge is 0.458 e. The molecule has 0 aromatic heterocycles. The van der Waals surface area contributed by atoms with E-state index in [1.54, 1.807) is 0 Å². The van der Waals surface area contributed by atoms with Crippen molar-refractivity contribution in [3.05, 3.63) is 11.1 Å². The third-order valence-electron chi connectivity index (χ3n) is 3.37. The Balaban J connectivity index is 2.11. The Hall–Kier alpha value is -1.36. The summed E-state index contributed by atoms with van der Waals surface area (Å²) in [5, 5.41) is 0. The summed E-state index contributed by atoms with van der Waals surface area (Å²) in [5.41, 5.74) is 2.65. The molecular formula is C13H19NO4. The molecule has 1 heterocycles. The van der Waals surface area contributed by atoms with Crippen molar-refractivity contribution in [2.24, 2.45) is 0 Å². The van der Waals surface area contributed by atoms with Crippen LogP contribution in [-0.4, -0.2) is 49.2 Å². The summed E-state index contributed by atoms with van der Waals surface area (Å²) in [6.45, 7) is 4.60. The maximum atomic E-state index is 11.1. The summed E-state index contributed by atoms with van der Waals surface area (Å²) in [4.78, 5) is 24.4. The monoisotopic (exact) mass is 253 g/mol. The van der Waals surface area contributed by atoms with Gasteiger partial charge in [-0.2, -0.15) is 0 Å². The van der Waals surface area contributed by atoms with Crippen LogP contribution < -0.4 is 0 Å². The Bertz CT molecular complexity index is 366. The van der Waals surface area contributed by atoms with Gasteiger partial charge in [-0.25, -0.2) is 0 Å². The average molecular weight is 253 g/mol. The smallest absolute Gasteiger partial charge is 0.303 e. The van der Waals surface area contributed by atoms with E-state index in [-0.39, 0.29) is 24.1 Å². The second-order valence-corrected chi connectivity index (χ2v) is 5.08. The minimum Gasteiger partial charge on any atom is -0.458 e. The van der Waals surface area contributed by atoms with Gasteiger partial charge < -0.3 is 9.47 Å². The molecule has 2 aliphatic rings. The minimum absolute atomic E-state index is 0.326. The van der Waals surface area contributed by atoms with Crippen molar-refractivity contribution in [2.75, 3.05) is 20.1 Å². The summed E-state index contributed by atoms with van der Waals surface area (Å²) >= 11 is 0. The lowest BCUT2D eigenvalue weighted by atomic mass is 9.89. The quantitative estimate of drug-likeness (QED) is 0.540. The molecule has 2 rings (SSSR count). The van der Waals surface area contributed by atoms with Crippen LogP contribution in [0.1, 0.15) is 26.7 Å². The van der Waals surface area contributed by atoms with Gasteiger partial charge in [0.15, 0.2) is 0 Å². The van der Waals surface area contributed by atoms with E-state index in [9.17, 15) is 9.59 Å². The predicted molar refractivity (Wildman–Crippen MR) is 64.9 cm³/mol. The highest BCUT2D eigenvalue weighted by Gasteiger charge is 2.37. The topological polar surface area (TPSA) is 55.8 Å². The first-order valence-electron chi connectivity index (χ1n) is 6.18. The number of hydrogen-bond donors (Lipinski definition) is 0. The molecule has 0 spiro atoms. The molecule has 0 fully saturated rings. The first-order valence-corrected chi connectivity index (χ1v) is 6.18. The van der Waals surface area contributed by atoms with Crippen molar-refractivity contribution in [2.45, 2.75) is 38.9 Å². The zero-order chi connectivity index (χ0) is 13.3. The molecule has 0 aromatic carbocycles. The number of rotatable bonds is 2. The third-order valence-corrected chi connectivity index (χ3v) is 3.37. The molecule has 1 aliphatic heterocycles. The highest BCUT2D eigenvalue weighted by molar-refractivity contribution is 5.67. The first-order chi connectivity index (χ1) is 8.45. The van der Waals surface area contributed by atoms with Gasteiger partial charge in [-0.05, 0) is 7.05 Å². The van der Waals surface area contributed by atoms with Crippen molar-refractivity contribution < 1.29 is 19.1 Å². The lowest BCUT2D eigenvalue weighted by Gasteiger charge is -2.31. The number of hydrogen-bond acceptors (Lipinski definition) is 5. The normalized spacial score (nSPS) is 27.9. The maximum Gasteiger partial charge on any atom is 0.303 e. The average Bonchev–Trinajstić information content (AvgIpc) is 2.56. The van der Waals surface area contributed by atoms with E-state index < -0.39 is 0 Å². The molecule has 0 aromatic rings. The molecule has 0 amide bonds.